The van der Waals surface area contributed by atoms with Crippen molar-refractivity contribution in [1.82, 2.24) is 0 Å². The lowest BCUT2D eigenvalue weighted by molar-refractivity contribution is -0.923. The first-order valence-electron chi connectivity index (χ1n) is 5.89. The second-order valence-corrected chi connectivity index (χ2v) is 4.76. The van der Waals surface area contributed by atoms with E-state index in [9.17, 15) is 10.2 Å². The van der Waals surface area contributed by atoms with Crippen LogP contribution >= 0.6 is 0 Å². The molecule has 1 aromatic rings. The van der Waals surface area contributed by atoms with Crippen LogP contribution in [-0.2, 0) is 0 Å². The number of likely N-dealkylation sites (N-methyl/N-ethyl adjacent to an activating group) is 1. The summed E-state index contributed by atoms with van der Waals surface area (Å²) in [4.78, 5) is 1.13. The van der Waals surface area contributed by atoms with Crippen molar-refractivity contribution in [2.45, 2.75) is 31.2 Å². The van der Waals surface area contributed by atoms with Gasteiger partial charge in [-0.2, -0.15) is 0 Å². The second kappa shape index (κ2) is 4.64. The van der Waals surface area contributed by atoms with E-state index in [-0.39, 0.29) is 12.1 Å². The largest absolute Gasteiger partial charge is 0.497 e. The number of hydrogen-bond acceptors (Lipinski definition) is 3. The molecule has 1 unspecified atom stereocenters. The maximum Gasteiger partial charge on any atom is 0.142 e. The number of quaternary nitrogens is 1. The molecule has 1 saturated heterocycles. The number of hydrogen-bond donors (Lipinski definition) is 3. The van der Waals surface area contributed by atoms with Crippen molar-refractivity contribution in [3.05, 3.63) is 29.8 Å². The highest BCUT2D eigenvalue weighted by Crippen LogP contribution is 2.24. The first-order valence-corrected chi connectivity index (χ1v) is 5.89. The minimum Gasteiger partial charge on any atom is -0.497 e. The molecule has 0 spiro atoms. The fourth-order valence-electron chi connectivity index (χ4n) is 2.59. The maximum atomic E-state index is 10.1. The van der Waals surface area contributed by atoms with Gasteiger partial charge in [0.05, 0.1) is 14.2 Å². The molecule has 4 heteroatoms. The van der Waals surface area contributed by atoms with E-state index in [1.807, 2.05) is 38.2 Å². The monoisotopic (exact) mass is 238 g/mol. The van der Waals surface area contributed by atoms with Crippen LogP contribution in [0.1, 0.15) is 18.5 Å². The van der Waals surface area contributed by atoms with Gasteiger partial charge in [0.25, 0.3) is 0 Å². The van der Waals surface area contributed by atoms with Gasteiger partial charge in [-0.3, -0.25) is 0 Å². The summed E-state index contributed by atoms with van der Waals surface area (Å²) in [7, 11) is 3.63. The van der Waals surface area contributed by atoms with Crippen molar-refractivity contribution in [2.75, 3.05) is 14.2 Å². The van der Waals surface area contributed by atoms with Gasteiger partial charge < -0.3 is 19.8 Å². The zero-order chi connectivity index (χ0) is 12.6. The molecule has 1 fully saturated rings. The van der Waals surface area contributed by atoms with E-state index in [2.05, 4.69) is 0 Å². The zero-order valence-corrected chi connectivity index (χ0v) is 10.4. The Balaban J connectivity index is 2.26. The molecule has 17 heavy (non-hydrogen) atoms. The molecule has 0 amide bonds. The summed E-state index contributed by atoms with van der Waals surface area (Å²) in [6.07, 6.45) is -1.37. The standard InChI is InChI=1S/C13H19NO3/c1-8-12(15)13(16)11(14(8)2)9-4-6-10(17-3)7-5-9/h4-8,11-13,15-16H,1-3H3/p+1/t8-,11-,12+,13-/m0/s1. The fourth-order valence-corrected chi connectivity index (χ4v) is 2.59. The van der Waals surface area contributed by atoms with E-state index in [1.54, 1.807) is 7.11 Å². The molecular weight excluding hydrogens is 218 g/mol. The van der Waals surface area contributed by atoms with E-state index in [0.717, 1.165) is 16.2 Å². The summed E-state index contributed by atoms with van der Waals surface area (Å²) >= 11 is 0. The molecule has 0 aliphatic carbocycles. The summed E-state index contributed by atoms with van der Waals surface area (Å²) in [5.41, 5.74) is 1.03. The van der Waals surface area contributed by atoms with Crippen LogP contribution in [0.3, 0.4) is 0 Å². The molecule has 3 N–H and O–H groups in total. The smallest absolute Gasteiger partial charge is 0.142 e. The Bertz CT molecular complexity index is 365. The predicted octanol–water partition coefficient (Wildman–Crippen LogP) is -0.625. The van der Waals surface area contributed by atoms with Crippen LogP contribution < -0.4 is 9.64 Å². The normalized spacial score (nSPS) is 37.1. The lowest BCUT2D eigenvalue weighted by Crippen LogP contribution is -3.11. The molecule has 94 valence electrons. The number of aliphatic hydroxyl groups excluding tert-OH is 2. The van der Waals surface area contributed by atoms with Gasteiger partial charge in [-0.05, 0) is 31.2 Å². The third-order valence-electron chi connectivity index (χ3n) is 3.89. The fraction of sp³-hybridized carbons (Fsp3) is 0.538. The SMILES string of the molecule is COc1ccc([C@H]2[C@H](O)[C@H](O)[C@H](C)[NH+]2C)cc1. The van der Waals surface area contributed by atoms with Crippen LogP contribution in [0.4, 0.5) is 0 Å². The van der Waals surface area contributed by atoms with Crippen molar-refractivity contribution in [2.24, 2.45) is 0 Å². The third kappa shape index (κ3) is 2.04. The molecule has 4 nitrogen and oxygen atoms in total. The molecule has 1 aromatic carbocycles. The van der Waals surface area contributed by atoms with Crippen LogP contribution in [0.2, 0.25) is 0 Å². The topological polar surface area (TPSA) is 54.1 Å². The number of nitrogens with one attached hydrogen (secondary N) is 1. The Hall–Kier alpha value is -1.10. The van der Waals surface area contributed by atoms with Gasteiger partial charge in [-0.25, -0.2) is 0 Å². The average molecular weight is 238 g/mol. The molecule has 1 heterocycles. The van der Waals surface area contributed by atoms with E-state index in [4.69, 9.17) is 4.74 Å². The minimum atomic E-state index is -0.710. The number of aliphatic hydroxyl groups is 2. The summed E-state index contributed by atoms with van der Waals surface area (Å²) < 4.78 is 5.11. The van der Waals surface area contributed by atoms with Crippen molar-refractivity contribution in [3.8, 4) is 5.75 Å². The molecule has 1 aliphatic rings. The van der Waals surface area contributed by atoms with E-state index < -0.39 is 12.2 Å². The van der Waals surface area contributed by atoms with Gasteiger partial charge in [0.15, 0.2) is 0 Å². The summed E-state index contributed by atoms with van der Waals surface area (Å²) in [6, 6.07) is 7.61. The van der Waals surface area contributed by atoms with Crippen LogP contribution in [-0.4, -0.2) is 42.6 Å². The lowest BCUT2D eigenvalue weighted by Gasteiger charge is -2.21. The summed E-state index contributed by atoms with van der Waals surface area (Å²) in [5.74, 6) is 0.799. The second-order valence-electron chi connectivity index (χ2n) is 4.76. The maximum absolute atomic E-state index is 10.1. The number of methoxy groups -OCH3 is 1. The molecular formula is C13H20NO3+. The zero-order valence-electron chi connectivity index (χ0n) is 10.4. The number of benzene rings is 1. The van der Waals surface area contributed by atoms with Crippen LogP contribution in [0.5, 0.6) is 5.75 Å². The van der Waals surface area contributed by atoms with Gasteiger partial charge in [-0.1, -0.05) is 0 Å². The molecule has 2 rings (SSSR count). The van der Waals surface area contributed by atoms with Crippen LogP contribution in [0, 0.1) is 0 Å². The highest BCUT2D eigenvalue weighted by Gasteiger charge is 2.48. The van der Waals surface area contributed by atoms with Crippen molar-refractivity contribution >= 4 is 0 Å². The molecule has 0 bridgehead atoms. The quantitative estimate of drug-likeness (QED) is 0.643. The van der Waals surface area contributed by atoms with Gasteiger partial charge in [0, 0.05) is 5.56 Å². The highest BCUT2D eigenvalue weighted by atomic mass is 16.5. The Kier molecular flexibility index (Phi) is 3.38. The lowest BCUT2D eigenvalue weighted by atomic mass is 10.0. The Morgan fingerprint density at radius 2 is 1.71 bits per heavy atom. The van der Waals surface area contributed by atoms with E-state index in [0.29, 0.717) is 0 Å². The first kappa shape index (κ1) is 12.4. The number of rotatable bonds is 2. The van der Waals surface area contributed by atoms with E-state index in [1.165, 1.54) is 0 Å². The predicted molar refractivity (Wildman–Crippen MR) is 64.1 cm³/mol. The van der Waals surface area contributed by atoms with Crippen molar-refractivity contribution in [1.29, 1.82) is 0 Å². The summed E-state index contributed by atoms with van der Waals surface area (Å²) in [6.45, 7) is 1.95. The summed E-state index contributed by atoms with van der Waals surface area (Å²) in [5, 5.41) is 19.9. The Morgan fingerprint density at radius 1 is 1.12 bits per heavy atom. The van der Waals surface area contributed by atoms with Crippen molar-refractivity contribution in [3.63, 3.8) is 0 Å². The van der Waals surface area contributed by atoms with E-state index >= 15 is 0 Å². The number of likely N-dealkylation sites (tertiary alicyclic amines) is 1. The van der Waals surface area contributed by atoms with Gasteiger partial charge in [0.2, 0.25) is 0 Å². The molecule has 0 radical (unpaired) electrons. The van der Waals surface area contributed by atoms with Crippen LogP contribution in [0.25, 0.3) is 0 Å². The Morgan fingerprint density at radius 3 is 2.12 bits per heavy atom. The van der Waals surface area contributed by atoms with Crippen LogP contribution in [0.15, 0.2) is 24.3 Å². The minimum absolute atomic E-state index is 0.0390. The average Bonchev–Trinajstić information content (AvgIpc) is 2.54. The molecule has 5 atom stereocenters. The molecule has 0 saturated carbocycles. The van der Waals surface area contributed by atoms with Crippen molar-refractivity contribution < 1.29 is 19.8 Å². The van der Waals surface area contributed by atoms with Gasteiger partial charge in [-0.15, -0.1) is 0 Å². The molecule has 0 aromatic heterocycles. The first-order chi connectivity index (χ1) is 8.06. The van der Waals surface area contributed by atoms with Gasteiger partial charge >= 0.3 is 0 Å². The molecule has 1 aliphatic heterocycles. The van der Waals surface area contributed by atoms with Gasteiger partial charge in [0.1, 0.15) is 30.0 Å². The highest BCUT2D eigenvalue weighted by molar-refractivity contribution is 5.29. The Labute approximate surface area is 101 Å². The third-order valence-corrected chi connectivity index (χ3v) is 3.89. The number of ether oxygens (including phenoxy) is 1.